The lowest BCUT2D eigenvalue weighted by Crippen LogP contribution is -2.08. The van der Waals surface area contributed by atoms with Crippen LogP contribution in [0.2, 0.25) is 0 Å². The Labute approximate surface area is 106 Å². The highest BCUT2D eigenvalue weighted by Crippen LogP contribution is 2.34. The molecule has 2 nitrogen and oxygen atoms in total. The maximum Gasteiger partial charge on any atom is 0.0734 e. The molecular weight excluding hydrogens is 220 g/mol. The summed E-state index contributed by atoms with van der Waals surface area (Å²) in [5, 5.41) is 0. The van der Waals surface area contributed by atoms with Gasteiger partial charge in [0.05, 0.1) is 11.4 Å². The molecule has 0 saturated heterocycles. The summed E-state index contributed by atoms with van der Waals surface area (Å²) in [5.41, 5.74) is 5.96. The molecule has 0 aromatic carbocycles. The van der Waals surface area contributed by atoms with Gasteiger partial charge in [-0.25, -0.2) is 4.99 Å². The third kappa shape index (κ3) is 1.32. The van der Waals surface area contributed by atoms with Crippen LogP contribution < -0.4 is 0 Å². The predicted octanol–water partition coefficient (Wildman–Crippen LogP) is 3.38. The first-order valence-corrected chi connectivity index (χ1v) is 6.14. The monoisotopic (exact) mass is 232 g/mol. The molecule has 1 aliphatic carbocycles. The van der Waals surface area contributed by atoms with Crippen molar-refractivity contribution in [3.05, 3.63) is 83.5 Å². The smallest absolute Gasteiger partial charge is 0.0734 e. The van der Waals surface area contributed by atoms with Crippen molar-refractivity contribution >= 4 is 5.71 Å². The van der Waals surface area contributed by atoms with Gasteiger partial charge in [0.1, 0.15) is 0 Å². The van der Waals surface area contributed by atoms with E-state index in [-0.39, 0.29) is 0 Å². The number of hydrogen-bond acceptors (Lipinski definition) is 2. The third-order valence-corrected chi connectivity index (χ3v) is 3.47. The molecule has 0 spiro atoms. The van der Waals surface area contributed by atoms with Gasteiger partial charge < -0.3 is 4.90 Å². The van der Waals surface area contributed by atoms with Gasteiger partial charge in [0, 0.05) is 23.7 Å². The second-order valence-corrected chi connectivity index (χ2v) is 4.57. The van der Waals surface area contributed by atoms with Crippen molar-refractivity contribution in [3.8, 4) is 0 Å². The molecule has 0 aromatic rings. The van der Waals surface area contributed by atoms with E-state index in [0.717, 1.165) is 23.5 Å². The average Bonchev–Trinajstić information content (AvgIpc) is 2.65. The van der Waals surface area contributed by atoms with Crippen molar-refractivity contribution in [1.82, 2.24) is 4.90 Å². The SMILES string of the molecule is C1=CCC2=C3C=CN4C=CC=CC4=CC3=NC2=C1. The second kappa shape index (κ2) is 3.57. The minimum absolute atomic E-state index is 0.980. The fraction of sp³-hybridized carbons (Fsp3) is 0.0625. The van der Waals surface area contributed by atoms with E-state index in [0.29, 0.717) is 0 Å². The molecule has 4 aliphatic rings. The quantitative estimate of drug-likeness (QED) is 0.625. The van der Waals surface area contributed by atoms with Crippen molar-refractivity contribution in [2.75, 3.05) is 0 Å². The van der Waals surface area contributed by atoms with Gasteiger partial charge >= 0.3 is 0 Å². The zero-order chi connectivity index (χ0) is 11.9. The van der Waals surface area contributed by atoms with E-state index in [9.17, 15) is 0 Å². The van der Waals surface area contributed by atoms with E-state index >= 15 is 0 Å². The lowest BCUT2D eigenvalue weighted by atomic mass is 9.98. The largest absolute Gasteiger partial charge is 0.324 e. The normalized spacial score (nSPS) is 23.1. The Balaban J connectivity index is 1.89. The topological polar surface area (TPSA) is 15.6 Å². The minimum Gasteiger partial charge on any atom is -0.324 e. The molecule has 86 valence electrons. The highest BCUT2D eigenvalue weighted by atomic mass is 15.1. The Hall–Kier alpha value is -2.35. The molecule has 0 aromatic heterocycles. The van der Waals surface area contributed by atoms with Gasteiger partial charge in [0.25, 0.3) is 0 Å². The summed E-state index contributed by atoms with van der Waals surface area (Å²) in [6, 6.07) is 0. The summed E-state index contributed by atoms with van der Waals surface area (Å²) in [6.07, 6.45) is 22.0. The van der Waals surface area contributed by atoms with Crippen molar-refractivity contribution in [3.63, 3.8) is 0 Å². The Morgan fingerprint density at radius 3 is 3.06 bits per heavy atom. The summed E-state index contributed by atoms with van der Waals surface area (Å²) in [4.78, 5) is 6.84. The number of fused-ring (bicyclic) bond motifs is 3. The highest BCUT2D eigenvalue weighted by molar-refractivity contribution is 6.15. The van der Waals surface area contributed by atoms with Crippen LogP contribution in [0.3, 0.4) is 0 Å². The van der Waals surface area contributed by atoms with E-state index in [2.05, 4.69) is 59.8 Å². The summed E-state index contributed by atoms with van der Waals surface area (Å²) >= 11 is 0. The van der Waals surface area contributed by atoms with Crippen LogP contribution in [0.25, 0.3) is 0 Å². The zero-order valence-electron chi connectivity index (χ0n) is 9.88. The van der Waals surface area contributed by atoms with Crippen LogP contribution in [0, 0.1) is 0 Å². The fourth-order valence-electron chi connectivity index (χ4n) is 2.57. The Morgan fingerprint density at radius 1 is 1.06 bits per heavy atom. The van der Waals surface area contributed by atoms with Gasteiger partial charge in [-0.05, 0) is 42.4 Å². The molecular formula is C16H12N2. The number of allylic oxidation sites excluding steroid dienone is 10. The molecule has 0 N–H and O–H groups in total. The number of nitrogens with zero attached hydrogens (tertiary/aromatic N) is 2. The van der Waals surface area contributed by atoms with Crippen molar-refractivity contribution < 1.29 is 0 Å². The number of rotatable bonds is 0. The molecule has 0 radical (unpaired) electrons. The first-order chi connectivity index (χ1) is 8.92. The molecule has 3 aliphatic heterocycles. The predicted molar refractivity (Wildman–Crippen MR) is 73.6 cm³/mol. The first-order valence-electron chi connectivity index (χ1n) is 6.14. The lowest BCUT2D eigenvalue weighted by Gasteiger charge is -2.17. The summed E-state index contributed by atoms with van der Waals surface area (Å²) in [7, 11) is 0. The molecule has 0 bridgehead atoms. The second-order valence-electron chi connectivity index (χ2n) is 4.57. The number of hydrogen-bond donors (Lipinski definition) is 0. The Morgan fingerprint density at radius 2 is 2.06 bits per heavy atom. The molecule has 4 rings (SSSR count). The Bertz CT molecular complexity index is 661. The molecule has 2 heteroatoms. The van der Waals surface area contributed by atoms with Gasteiger partial charge in [0.15, 0.2) is 0 Å². The van der Waals surface area contributed by atoms with Gasteiger partial charge in [-0.1, -0.05) is 18.2 Å². The van der Waals surface area contributed by atoms with Crippen LogP contribution in [0.4, 0.5) is 0 Å². The highest BCUT2D eigenvalue weighted by Gasteiger charge is 2.23. The van der Waals surface area contributed by atoms with Gasteiger partial charge in [-0.3, -0.25) is 0 Å². The van der Waals surface area contributed by atoms with Crippen LogP contribution >= 0.6 is 0 Å². The van der Waals surface area contributed by atoms with Crippen LogP contribution in [0.15, 0.2) is 88.5 Å². The van der Waals surface area contributed by atoms with Gasteiger partial charge in [0.2, 0.25) is 0 Å². The summed E-state index contributed by atoms with van der Waals surface area (Å²) in [6.45, 7) is 0. The average molecular weight is 232 g/mol. The van der Waals surface area contributed by atoms with E-state index in [1.165, 1.54) is 11.1 Å². The van der Waals surface area contributed by atoms with E-state index in [1.54, 1.807) is 0 Å². The van der Waals surface area contributed by atoms with Crippen LogP contribution in [0.1, 0.15) is 6.42 Å². The minimum atomic E-state index is 0.980. The molecule has 0 atom stereocenters. The maximum absolute atomic E-state index is 4.72. The van der Waals surface area contributed by atoms with Crippen LogP contribution in [-0.4, -0.2) is 10.6 Å². The van der Waals surface area contributed by atoms with Crippen LogP contribution in [-0.2, 0) is 0 Å². The van der Waals surface area contributed by atoms with Crippen molar-refractivity contribution in [1.29, 1.82) is 0 Å². The Kier molecular flexibility index (Phi) is 1.92. The van der Waals surface area contributed by atoms with E-state index < -0.39 is 0 Å². The van der Waals surface area contributed by atoms with Crippen molar-refractivity contribution in [2.24, 2.45) is 4.99 Å². The van der Waals surface area contributed by atoms with E-state index in [4.69, 9.17) is 4.99 Å². The van der Waals surface area contributed by atoms with Gasteiger partial charge in [-0.2, -0.15) is 0 Å². The zero-order valence-corrected chi connectivity index (χ0v) is 9.88. The molecule has 0 amide bonds. The third-order valence-electron chi connectivity index (χ3n) is 3.47. The molecule has 18 heavy (non-hydrogen) atoms. The molecule has 0 saturated carbocycles. The molecule has 0 fully saturated rings. The van der Waals surface area contributed by atoms with E-state index in [1.807, 2.05) is 6.08 Å². The molecule has 0 unspecified atom stereocenters. The first kappa shape index (κ1) is 9.66. The van der Waals surface area contributed by atoms with Crippen LogP contribution in [0.5, 0.6) is 0 Å². The summed E-state index contributed by atoms with van der Waals surface area (Å²) < 4.78 is 0. The maximum atomic E-state index is 4.72. The van der Waals surface area contributed by atoms with Gasteiger partial charge in [-0.15, -0.1) is 0 Å². The molecule has 3 heterocycles. The summed E-state index contributed by atoms with van der Waals surface area (Å²) in [5.74, 6) is 0. The fourth-order valence-corrected chi connectivity index (χ4v) is 2.57. The standard InChI is InChI=1S/C16H12N2/c1-2-7-15-13(6-1)14-8-10-18-9-4-3-5-12(18)11-16(14)17-15/h1-5,7-11H,6H2. The van der Waals surface area contributed by atoms with Crippen molar-refractivity contribution in [2.45, 2.75) is 6.42 Å². The number of aliphatic imine (C=N–C) groups is 1. The lowest BCUT2D eigenvalue weighted by molar-refractivity contribution is 0.648.